The largest absolute Gasteiger partial charge is 0.490 e. The predicted octanol–water partition coefficient (Wildman–Crippen LogP) is 5.69. The third-order valence-electron chi connectivity index (χ3n) is 2.55. The van der Waals surface area contributed by atoms with E-state index in [4.69, 9.17) is 39.5 Å². The number of hydrogen-bond acceptors (Lipinski definition) is 1. The molecule has 0 spiro atoms. The molecule has 0 aliphatic heterocycles. The summed E-state index contributed by atoms with van der Waals surface area (Å²) in [6, 6.07) is 3.26. The molecule has 1 rings (SSSR count). The fourth-order valence-corrected chi connectivity index (χ4v) is 3.13. The second kappa shape index (κ2) is 7.08. The van der Waals surface area contributed by atoms with Gasteiger partial charge in [0.05, 0.1) is 16.7 Å². The Morgan fingerprint density at radius 1 is 1.18 bits per heavy atom. The van der Waals surface area contributed by atoms with E-state index in [2.05, 4.69) is 29.8 Å². The minimum absolute atomic E-state index is 0.415. The zero-order chi connectivity index (χ0) is 13.0. The number of halogens is 4. The summed E-state index contributed by atoms with van der Waals surface area (Å²) in [5.41, 5.74) is 0. The summed E-state index contributed by atoms with van der Waals surface area (Å²) < 4.78 is 5.68. The van der Waals surface area contributed by atoms with E-state index in [-0.39, 0.29) is 0 Å². The quantitative estimate of drug-likeness (QED) is 0.613. The summed E-state index contributed by atoms with van der Waals surface area (Å²) in [6.45, 7) is 4.88. The summed E-state index contributed by atoms with van der Waals surface area (Å²) in [5, 5.41) is 2.28. The standard InChI is InChI=1S/C12H14BrCl3O/c1-7(2)8(5-13)6-17-12-10(15)3-9(14)4-11(12)16/h3-4,7-8H,5-6H2,1-2H3. The molecule has 0 amide bonds. The molecule has 0 saturated carbocycles. The van der Waals surface area contributed by atoms with Gasteiger partial charge in [0, 0.05) is 16.3 Å². The van der Waals surface area contributed by atoms with Crippen molar-refractivity contribution < 1.29 is 4.74 Å². The van der Waals surface area contributed by atoms with Gasteiger partial charge in [0.2, 0.25) is 0 Å². The highest BCUT2D eigenvalue weighted by Gasteiger charge is 2.15. The van der Waals surface area contributed by atoms with Gasteiger partial charge in [-0.15, -0.1) is 0 Å². The molecular formula is C12H14BrCl3O. The Bertz CT molecular complexity index is 359. The van der Waals surface area contributed by atoms with Gasteiger partial charge >= 0.3 is 0 Å². The fourth-order valence-electron chi connectivity index (χ4n) is 1.27. The van der Waals surface area contributed by atoms with Crippen molar-refractivity contribution in [1.29, 1.82) is 0 Å². The number of rotatable bonds is 5. The Labute approximate surface area is 126 Å². The van der Waals surface area contributed by atoms with Crippen LogP contribution in [0.15, 0.2) is 12.1 Å². The molecule has 5 heteroatoms. The van der Waals surface area contributed by atoms with Gasteiger partial charge in [-0.25, -0.2) is 0 Å². The van der Waals surface area contributed by atoms with Gasteiger partial charge in [-0.2, -0.15) is 0 Å². The van der Waals surface area contributed by atoms with Crippen molar-refractivity contribution in [1.82, 2.24) is 0 Å². The van der Waals surface area contributed by atoms with E-state index < -0.39 is 0 Å². The van der Waals surface area contributed by atoms with E-state index in [1.165, 1.54) is 0 Å². The lowest BCUT2D eigenvalue weighted by Gasteiger charge is -2.19. The van der Waals surface area contributed by atoms with Crippen molar-refractivity contribution in [3.63, 3.8) is 0 Å². The Morgan fingerprint density at radius 3 is 2.12 bits per heavy atom. The number of hydrogen-bond donors (Lipinski definition) is 0. The molecule has 1 nitrogen and oxygen atoms in total. The molecule has 0 aromatic heterocycles. The highest BCUT2D eigenvalue weighted by molar-refractivity contribution is 9.09. The lowest BCUT2D eigenvalue weighted by molar-refractivity contribution is 0.228. The van der Waals surface area contributed by atoms with Gasteiger partial charge in [-0.1, -0.05) is 64.6 Å². The van der Waals surface area contributed by atoms with Gasteiger partial charge in [-0.3, -0.25) is 0 Å². The molecular weight excluding hydrogens is 346 g/mol. The monoisotopic (exact) mass is 358 g/mol. The average Bonchev–Trinajstić information content (AvgIpc) is 2.21. The first-order chi connectivity index (χ1) is 7.95. The first kappa shape index (κ1) is 15.4. The van der Waals surface area contributed by atoms with Crippen molar-refractivity contribution >= 4 is 50.7 Å². The summed E-state index contributed by atoms with van der Waals surface area (Å²) in [4.78, 5) is 0. The van der Waals surface area contributed by atoms with Crippen LogP contribution in [0.25, 0.3) is 0 Å². The maximum atomic E-state index is 6.04. The molecule has 0 N–H and O–H groups in total. The van der Waals surface area contributed by atoms with Gasteiger partial charge in [0.25, 0.3) is 0 Å². The van der Waals surface area contributed by atoms with Crippen LogP contribution in [0.2, 0.25) is 15.1 Å². The Balaban J connectivity index is 2.75. The number of alkyl halides is 1. The molecule has 0 radical (unpaired) electrons. The zero-order valence-corrected chi connectivity index (χ0v) is 13.5. The smallest absolute Gasteiger partial charge is 0.156 e. The van der Waals surface area contributed by atoms with Crippen LogP contribution in [0.4, 0.5) is 0 Å². The highest BCUT2D eigenvalue weighted by atomic mass is 79.9. The van der Waals surface area contributed by atoms with Crippen molar-refractivity contribution in [2.24, 2.45) is 11.8 Å². The lowest BCUT2D eigenvalue weighted by atomic mass is 9.99. The average molecular weight is 361 g/mol. The summed E-state index contributed by atoms with van der Waals surface area (Å²) in [6.07, 6.45) is 0. The van der Waals surface area contributed by atoms with E-state index in [1.807, 2.05) is 0 Å². The van der Waals surface area contributed by atoms with E-state index >= 15 is 0 Å². The van der Waals surface area contributed by atoms with E-state index in [0.29, 0.717) is 39.3 Å². The first-order valence-corrected chi connectivity index (χ1v) is 7.54. The van der Waals surface area contributed by atoms with Crippen molar-refractivity contribution in [3.8, 4) is 5.75 Å². The third-order valence-corrected chi connectivity index (χ3v) is 4.16. The van der Waals surface area contributed by atoms with E-state index in [1.54, 1.807) is 12.1 Å². The highest BCUT2D eigenvalue weighted by Crippen LogP contribution is 2.36. The summed E-state index contributed by atoms with van der Waals surface area (Å²) in [5.74, 6) is 1.45. The van der Waals surface area contributed by atoms with Gasteiger partial charge in [-0.05, 0) is 18.1 Å². The van der Waals surface area contributed by atoms with E-state index in [0.717, 1.165) is 5.33 Å². The van der Waals surface area contributed by atoms with Crippen LogP contribution >= 0.6 is 50.7 Å². The van der Waals surface area contributed by atoms with Crippen LogP contribution in [0.1, 0.15) is 13.8 Å². The van der Waals surface area contributed by atoms with Gasteiger partial charge in [0.15, 0.2) is 5.75 Å². The lowest BCUT2D eigenvalue weighted by Crippen LogP contribution is -2.19. The molecule has 0 aliphatic rings. The molecule has 1 aromatic carbocycles. The molecule has 17 heavy (non-hydrogen) atoms. The van der Waals surface area contributed by atoms with Crippen LogP contribution in [0.3, 0.4) is 0 Å². The molecule has 1 atom stereocenters. The molecule has 0 heterocycles. The molecule has 96 valence electrons. The molecule has 0 fully saturated rings. The van der Waals surface area contributed by atoms with Crippen LogP contribution in [0.5, 0.6) is 5.75 Å². The summed E-state index contributed by atoms with van der Waals surface area (Å²) >= 11 is 21.4. The second-order valence-corrected chi connectivity index (χ2v) is 6.07. The van der Waals surface area contributed by atoms with Gasteiger partial charge in [0.1, 0.15) is 0 Å². The minimum Gasteiger partial charge on any atom is -0.490 e. The zero-order valence-electron chi connectivity index (χ0n) is 9.64. The topological polar surface area (TPSA) is 9.23 Å². The Kier molecular flexibility index (Phi) is 6.43. The SMILES string of the molecule is CC(C)C(CBr)COc1c(Cl)cc(Cl)cc1Cl. The van der Waals surface area contributed by atoms with E-state index in [9.17, 15) is 0 Å². The number of benzene rings is 1. The minimum atomic E-state index is 0.415. The van der Waals surface area contributed by atoms with Crippen LogP contribution in [-0.2, 0) is 0 Å². The van der Waals surface area contributed by atoms with Crippen LogP contribution in [0, 0.1) is 11.8 Å². The maximum Gasteiger partial charge on any atom is 0.156 e. The number of ether oxygens (including phenoxy) is 1. The Hall–Kier alpha value is 0.370. The van der Waals surface area contributed by atoms with Crippen molar-refractivity contribution in [2.45, 2.75) is 13.8 Å². The maximum absolute atomic E-state index is 6.04. The third kappa shape index (κ3) is 4.51. The second-order valence-electron chi connectivity index (χ2n) is 4.17. The first-order valence-electron chi connectivity index (χ1n) is 5.29. The van der Waals surface area contributed by atoms with Crippen LogP contribution < -0.4 is 4.74 Å². The van der Waals surface area contributed by atoms with Gasteiger partial charge < -0.3 is 4.74 Å². The fraction of sp³-hybridized carbons (Fsp3) is 0.500. The Morgan fingerprint density at radius 2 is 1.71 bits per heavy atom. The molecule has 0 saturated heterocycles. The van der Waals surface area contributed by atoms with Crippen molar-refractivity contribution in [3.05, 3.63) is 27.2 Å². The normalized spacial score (nSPS) is 12.9. The molecule has 1 unspecified atom stereocenters. The molecule has 0 bridgehead atoms. The molecule has 0 aliphatic carbocycles. The summed E-state index contributed by atoms with van der Waals surface area (Å²) in [7, 11) is 0. The van der Waals surface area contributed by atoms with Crippen molar-refractivity contribution in [2.75, 3.05) is 11.9 Å². The predicted molar refractivity (Wildman–Crippen MR) is 79.1 cm³/mol. The van der Waals surface area contributed by atoms with Crippen LogP contribution in [-0.4, -0.2) is 11.9 Å². The molecule has 1 aromatic rings.